The summed E-state index contributed by atoms with van der Waals surface area (Å²) < 4.78 is 55.7. The molecule has 4 aromatic rings. The quantitative estimate of drug-likeness (QED) is 0.0955. The monoisotopic (exact) mass is 988 g/mol. The van der Waals surface area contributed by atoms with Crippen molar-refractivity contribution in [2.45, 2.75) is 102 Å². The van der Waals surface area contributed by atoms with E-state index in [9.17, 15) is 19.5 Å². The van der Waals surface area contributed by atoms with Gasteiger partial charge in [0.1, 0.15) is 40.5 Å². The summed E-state index contributed by atoms with van der Waals surface area (Å²) in [5.41, 5.74) is 1.86. The number of phenols is 1. The lowest BCUT2D eigenvalue weighted by Crippen LogP contribution is -2.54. The summed E-state index contributed by atoms with van der Waals surface area (Å²) in [4.78, 5) is 61.9. The third kappa shape index (κ3) is 9.29. The highest BCUT2D eigenvalue weighted by Gasteiger charge is 2.46. The standard InChI is InChI=1S/C54H63F3N10O5/c1-4-39-42(55)10-5-33-24-38(68)25-41(45(33)39)48(58-3)46(56)47-32(2)49(66-27-35-6-7-36(28-66)59-35)62-52(61-47)72-31-53(13-14-53)29-63-19-21-64(22-20-63)30-54(57)15-17-65(18-16-54)37-8-9-40-34(23-37)26-67(51(40)71)43-11-12-44(69)60-50(43)70/h5,8-10,23-25,35-36,43,59,68H,3-4,6-7,11-22,26-31H2,1-2H3,(H,60,69,70)/b48-46+/t35?,36?,43-/m0/s1. The lowest BCUT2D eigenvalue weighted by atomic mass is 9.91. The Morgan fingerprint density at radius 1 is 0.917 bits per heavy atom. The molecule has 11 rings (SSSR count). The molecule has 3 aromatic carbocycles. The molecule has 7 heterocycles. The molecule has 6 aliphatic heterocycles. The number of imide groups is 1. The van der Waals surface area contributed by atoms with E-state index in [2.05, 4.69) is 41.9 Å². The van der Waals surface area contributed by atoms with Crippen LogP contribution in [-0.4, -0.2) is 150 Å². The minimum absolute atomic E-state index is 0.00695. The van der Waals surface area contributed by atoms with Gasteiger partial charge in [0, 0.05) is 131 Å². The lowest BCUT2D eigenvalue weighted by molar-refractivity contribution is -0.136. The number of aliphatic imine (C=N–C) groups is 1. The number of fused-ring (bicyclic) bond motifs is 4. The van der Waals surface area contributed by atoms with E-state index in [0.29, 0.717) is 105 Å². The van der Waals surface area contributed by atoms with Gasteiger partial charge < -0.3 is 34.8 Å². The van der Waals surface area contributed by atoms with Gasteiger partial charge >= 0.3 is 6.01 Å². The number of alkyl halides is 1. The second kappa shape index (κ2) is 19.1. The molecule has 3 N–H and O–H groups in total. The summed E-state index contributed by atoms with van der Waals surface area (Å²) in [6.07, 6.45) is 5.65. The number of hydrogen-bond acceptors (Lipinski definition) is 13. The molecule has 380 valence electrons. The van der Waals surface area contributed by atoms with Gasteiger partial charge in [-0.05, 0) is 110 Å². The maximum atomic E-state index is 17.4. The molecule has 5 saturated heterocycles. The topological polar surface area (TPSA) is 159 Å². The van der Waals surface area contributed by atoms with Crippen LogP contribution in [0.2, 0.25) is 0 Å². The molecule has 0 radical (unpaired) electrons. The average molecular weight is 989 g/mol. The van der Waals surface area contributed by atoms with Gasteiger partial charge in [-0.25, -0.2) is 13.2 Å². The summed E-state index contributed by atoms with van der Waals surface area (Å²) in [5.74, 6) is -1.68. The Hall–Kier alpha value is -6.11. The van der Waals surface area contributed by atoms with Crippen LogP contribution in [0.5, 0.6) is 11.8 Å². The van der Waals surface area contributed by atoms with E-state index in [1.165, 1.54) is 18.2 Å². The number of rotatable bonds is 14. The SMILES string of the molecule is C=N/C(=C(/F)c1nc(OCC2(CN3CCN(CC4(F)CCN(c5ccc6c(c5)CN([C@H]5CCC(=O)NC5=O)C6=O)CC4)CC3)CC2)nc(N2CC3CCC(C2)N3)c1C)c1cc(O)cc2ccc(F)c(CC)c12. The molecule has 2 bridgehead atoms. The largest absolute Gasteiger partial charge is 0.508 e. The maximum absolute atomic E-state index is 17.4. The van der Waals surface area contributed by atoms with Crippen molar-refractivity contribution < 1.29 is 37.4 Å². The molecule has 0 spiro atoms. The number of carbonyl (C=O) groups is 3. The highest BCUT2D eigenvalue weighted by atomic mass is 19.1. The number of aryl methyl sites for hydroxylation is 1. The van der Waals surface area contributed by atoms with Crippen molar-refractivity contribution in [1.82, 2.24) is 35.3 Å². The van der Waals surface area contributed by atoms with Crippen molar-refractivity contribution >= 4 is 58.2 Å². The number of aromatic hydroxyl groups is 1. The fourth-order valence-corrected chi connectivity index (χ4v) is 12.3. The van der Waals surface area contributed by atoms with Gasteiger partial charge in [-0.3, -0.25) is 29.6 Å². The predicted molar refractivity (Wildman–Crippen MR) is 269 cm³/mol. The number of benzene rings is 3. The zero-order chi connectivity index (χ0) is 50.1. The van der Waals surface area contributed by atoms with E-state index in [1.807, 2.05) is 19.1 Å². The Kier molecular flexibility index (Phi) is 12.8. The normalized spacial score (nSPS) is 24.4. The number of piperazine rings is 2. The second-order valence-corrected chi connectivity index (χ2v) is 21.4. The molecule has 3 atom stereocenters. The van der Waals surface area contributed by atoms with E-state index in [4.69, 9.17) is 14.7 Å². The Morgan fingerprint density at radius 3 is 2.32 bits per heavy atom. The molecule has 72 heavy (non-hydrogen) atoms. The average Bonchev–Trinajstić information content (AvgIpc) is 3.94. The van der Waals surface area contributed by atoms with E-state index >= 15 is 13.2 Å². The summed E-state index contributed by atoms with van der Waals surface area (Å²) >= 11 is 0. The minimum atomic E-state index is -1.32. The first-order valence-corrected chi connectivity index (χ1v) is 25.7. The zero-order valence-electron chi connectivity index (χ0n) is 41.1. The highest BCUT2D eigenvalue weighted by Crippen LogP contribution is 2.47. The molecule has 1 aliphatic carbocycles. The molecule has 7 aliphatic rings. The summed E-state index contributed by atoms with van der Waals surface area (Å²) in [6, 6.07) is 11.5. The maximum Gasteiger partial charge on any atom is 0.319 e. The van der Waals surface area contributed by atoms with E-state index in [-0.39, 0.29) is 64.4 Å². The second-order valence-electron chi connectivity index (χ2n) is 21.4. The van der Waals surface area contributed by atoms with Crippen LogP contribution in [0.1, 0.15) is 96.6 Å². The smallest absolute Gasteiger partial charge is 0.319 e. The van der Waals surface area contributed by atoms with Crippen molar-refractivity contribution in [3.05, 3.63) is 81.8 Å². The van der Waals surface area contributed by atoms with Crippen molar-refractivity contribution in [2.24, 2.45) is 10.4 Å². The number of aromatic nitrogens is 2. The molecule has 1 aromatic heterocycles. The van der Waals surface area contributed by atoms with Crippen LogP contribution in [0.15, 0.2) is 47.5 Å². The highest BCUT2D eigenvalue weighted by molar-refractivity contribution is 6.06. The van der Waals surface area contributed by atoms with Crippen molar-refractivity contribution in [1.29, 1.82) is 0 Å². The number of amides is 3. The summed E-state index contributed by atoms with van der Waals surface area (Å²) in [6.45, 7) is 14.8. The zero-order valence-corrected chi connectivity index (χ0v) is 41.1. The number of anilines is 2. The summed E-state index contributed by atoms with van der Waals surface area (Å²) in [5, 5.41) is 17.8. The van der Waals surface area contributed by atoms with Crippen LogP contribution < -0.4 is 25.2 Å². The van der Waals surface area contributed by atoms with Gasteiger partial charge in [-0.1, -0.05) is 13.0 Å². The fraction of sp³-hybridized carbons (Fsp3) is 0.519. The Labute approximate surface area is 417 Å². The van der Waals surface area contributed by atoms with Gasteiger partial charge in [-0.2, -0.15) is 9.97 Å². The number of nitrogens with zero attached hydrogens (tertiary/aromatic N) is 8. The number of ether oxygens (including phenoxy) is 1. The number of halogens is 3. The minimum Gasteiger partial charge on any atom is -0.508 e. The summed E-state index contributed by atoms with van der Waals surface area (Å²) in [7, 11) is 0. The number of nitrogens with one attached hydrogen (secondary N) is 2. The third-order valence-corrected chi connectivity index (χ3v) is 16.5. The molecular weight excluding hydrogens is 926 g/mol. The first-order chi connectivity index (χ1) is 34.7. The molecule has 3 amide bonds. The molecule has 15 nitrogen and oxygen atoms in total. The van der Waals surface area contributed by atoms with Gasteiger partial charge in [-0.15, -0.1) is 0 Å². The van der Waals surface area contributed by atoms with Gasteiger partial charge in [0.05, 0.1) is 6.61 Å². The molecular formula is C54H63F3N10O5. The van der Waals surface area contributed by atoms with Gasteiger partial charge in [0.25, 0.3) is 5.91 Å². The van der Waals surface area contributed by atoms with Gasteiger partial charge in [0.2, 0.25) is 11.8 Å². The number of hydrogen-bond donors (Lipinski definition) is 3. The third-order valence-electron chi connectivity index (χ3n) is 16.5. The fourth-order valence-electron chi connectivity index (χ4n) is 12.3. The van der Waals surface area contributed by atoms with Crippen LogP contribution >= 0.6 is 0 Å². The van der Waals surface area contributed by atoms with Crippen LogP contribution in [0.4, 0.5) is 24.7 Å². The Morgan fingerprint density at radius 2 is 1.64 bits per heavy atom. The van der Waals surface area contributed by atoms with Crippen LogP contribution in [-0.2, 0) is 22.6 Å². The molecule has 2 unspecified atom stereocenters. The van der Waals surface area contributed by atoms with Crippen LogP contribution in [0.25, 0.3) is 22.3 Å². The van der Waals surface area contributed by atoms with Crippen LogP contribution in [0.3, 0.4) is 0 Å². The predicted octanol–water partition coefficient (Wildman–Crippen LogP) is 6.33. The van der Waals surface area contributed by atoms with Gasteiger partial charge in [0.15, 0.2) is 5.83 Å². The molecule has 18 heteroatoms. The first-order valence-electron chi connectivity index (χ1n) is 25.7. The molecule has 6 fully saturated rings. The Bertz CT molecular complexity index is 2870. The van der Waals surface area contributed by atoms with E-state index in [0.717, 1.165) is 69.7 Å². The first kappa shape index (κ1) is 48.2. The van der Waals surface area contributed by atoms with Crippen LogP contribution in [0, 0.1) is 18.2 Å². The number of phenolic OH excluding ortho intramolecular Hbond substituents is 1. The number of piperidine rings is 2. The van der Waals surface area contributed by atoms with Crippen molar-refractivity contribution in [3.63, 3.8) is 0 Å². The van der Waals surface area contributed by atoms with Crippen molar-refractivity contribution in [3.8, 4) is 11.8 Å². The Balaban J connectivity index is 0.731. The molecule has 1 saturated carbocycles. The lowest BCUT2D eigenvalue weighted by Gasteiger charge is -2.43. The van der Waals surface area contributed by atoms with Crippen molar-refractivity contribution in [2.75, 3.05) is 81.9 Å². The van der Waals surface area contributed by atoms with E-state index in [1.54, 1.807) is 24.0 Å². The van der Waals surface area contributed by atoms with E-state index < -0.39 is 29.3 Å². The number of carbonyl (C=O) groups excluding carboxylic acids is 3.